The van der Waals surface area contributed by atoms with Gasteiger partial charge in [0.1, 0.15) is 5.82 Å². The molecule has 0 fully saturated rings. The van der Waals surface area contributed by atoms with Gasteiger partial charge >= 0.3 is 0 Å². The number of methoxy groups -OCH3 is 2. The molecule has 1 rings (SSSR count). The van der Waals surface area contributed by atoms with Crippen LogP contribution in [0.2, 0.25) is 0 Å². The van der Waals surface area contributed by atoms with Crippen LogP contribution in [0.3, 0.4) is 0 Å². The number of carbonyl (C=O) groups is 1. The number of rotatable bonds is 7. The molecule has 5 nitrogen and oxygen atoms in total. The second-order valence-corrected chi connectivity index (χ2v) is 4.05. The first-order valence-electron chi connectivity index (χ1n) is 5.91. The predicted octanol–water partition coefficient (Wildman–Crippen LogP) is 1.14. The van der Waals surface area contributed by atoms with E-state index in [1.165, 1.54) is 18.2 Å². The second-order valence-electron chi connectivity index (χ2n) is 4.05. The SMILES string of the molecule is COCCN(CCOC)C(=O)c1cc(N)cc(F)c1. The van der Waals surface area contributed by atoms with Gasteiger partial charge in [-0.15, -0.1) is 0 Å². The van der Waals surface area contributed by atoms with E-state index in [0.717, 1.165) is 0 Å². The summed E-state index contributed by atoms with van der Waals surface area (Å²) in [6.45, 7) is 1.63. The van der Waals surface area contributed by atoms with E-state index >= 15 is 0 Å². The summed E-state index contributed by atoms with van der Waals surface area (Å²) in [5, 5.41) is 0. The van der Waals surface area contributed by atoms with Gasteiger partial charge in [-0.25, -0.2) is 4.39 Å². The molecule has 1 amide bonds. The van der Waals surface area contributed by atoms with Gasteiger partial charge in [-0.05, 0) is 18.2 Å². The Balaban J connectivity index is 2.84. The molecule has 0 aliphatic heterocycles. The highest BCUT2D eigenvalue weighted by molar-refractivity contribution is 5.95. The maximum Gasteiger partial charge on any atom is 0.254 e. The van der Waals surface area contributed by atoms with Crippen LogP contribution in [-0.4, -0.2) is 51.3 Å². The van der Waals surface area contributed by atoms with Crippen LogP contribution in [-0.2, 0) is 9.47 Å². The number of amides is 1. The highest BCUT2D eigenvalue weighted by Crippen LogP contribution is 2.13. The highest BCUT2D eigenvalue weighted by Gasteiger charge is 2.16. The van der Waals surface area contributed by atoms with Gasteiger partial charge in [0.25, 0.3) is 5.91 Å². The van der Waals surface area contributed by atoms with E-state index in [-0.39, 0.29) is 17.2 Å². The van der Waals surface area contributed by atoms with E-state index in [4.69, 9.17) is 15.2 Å². The lowest BCUT2D eigenvalue weighted by Crippen LogP contribution is -2.36. The molecule has 6 heteroatoms. The monoisotopic (exact) mass is 270 g/mol. The molecule has 0 spiro atoms. The molecule has 0 aliphatic rings. The Morgan fingerprint density at radius 3 is 2.26 bits per heavy atom. The smallest absolute Gasteiger partial charge is 0.254 e. The molecular formula is C13H19FN2O3. The van der Waals surface area contributed by atoms with Crippen molar-refractivity contribution in [3.8, 4) is 0 Å². The Bertz CT molecular complexity index is 398. The third-order valence-electron chi connectivity index (χ3n) is 2.58. The molecule has 0 heterocycles. The van der Waals surface area contributed by atoms with Gasteiger partial charge < -0.3 is 20.1 Å². The van der Waals surface area contributed by atoms with Crippen molar-refractivity contribution in [1.82, 2.24) is 4.90 Å². The van der Waals surface area contributed by atoms with Crippen molar-refractivity contribution in [1.29, 1.82) is 0 Å². The number of nitrogens with zero attached hydrogens (tertiary/aromatic N) is 1. The number of anilines is 1. The maximum absolute atomic E-state index is 13.3. The second kappa shape index (κ2) is 7.70. The Morgan fingerprint density at radius 2 is 1.79 bits per heavy atom. The number of halogens is 1. The molecule has 2 N–H and O–H groups in total. The minimum atomic E-state index is -0.526. The van der Waals surface area contributed by atoms with Crippen LogP contribution < -0.4 is 5.73 Å². The van der Waals surface area contributed by atoms with E-state index in [1.807, 2.05) is 0 Å². The van der Waals surface area contributed by atoms with Gasteiger partial charge in [-0.3, -0.25) is 4.79 Å². The zero-order valence-corrected chi connectivity index (χ0v) is 11.2. The number of hydrogen-bond acceptors (Lipinski definition) is 4. The molecular weight excluding hydrogens is 251 g/mol. The fraction of sp³-hybridized carbons (Fsp3) is 0.462. The van der Waals surface area contributed by atoms with E-state index in [1.54, 1.807) is 19.1 Å². The van der Waals surface area contributed by atoms with Crippen molar-refractivity contribution < 1.29 is 18.7 Å². The topological polar surface area (TPSA) is 64.8 Å². The molecule has 1 aromatic rings. The Labute approximate surface area is 112 Å². The van der Waals surface area contributed by atoms with Gasteiger partial charge in [0.2, 0.25) is 0 Å². The summed E-state index contributed by atoms with van der Waals surface area (Å²) in [6, 6.07) is 3.80. The number of carbonyl (C=O) groups excluding carboxylic acids is 1. The minimum Gasteiger partial charge on any atom is -0.399 e. The van der Waals surface area contributed by atoms with Crippen molar-refractivity contribution >= 4 is 11.6 Å². The summed E-state index contributed by atoms with van der Waals surface area (Å²) >= 11 is 0. The van der Waals surface area contributed by atoms with Crippen molar-refractivity contribution in [3.63, 3.8) is 0 Å². The standard InChI is InChI=1S/C13H19FN2O3/c1-18-5-3-16(4-6-19-2)13(17)10-7-11(14)9-12(15)8-10/h7-9H,3-6,15H2,1-2H3. The van der Waals surface area contributed by atoms with E-state index < -0.39 is 5.82 Å². The summed E-state index contributed by atoms with van der Waals surface area (Å²) in [5.41, 5.74) is 5.99. The summed E-state index contributed by atoms with van der Waals surface area (Å²) in [5.74, 6) is -0.818. The molecule has 0 bridgehead atoms. The molecule has 106 valence electrons. The van der Waals surface area contributed by atoms with Gasteiger partial charge in [0.15, 0.2) is 0 Å². The summed E-state index contributed by atoms with van der Waals surface area (Å²) < 4.78 is 23.2. The first-order chi connectivity index (χ1) is 9.08. The number of nitrogens with two attached hydrogens (primary N) is 1. The lowest BCUT2D eigenvalue weighted by Gasteiger charge is -2.22. The number of hydrogen-bond donors (Lipinski definition) is 1. The number of ether oxygens (including phenoxy) is 2. The quantitative estimate of drug-likeness (QED) is 0.755. The molecule has 1 aromatic carbocycles. The molecule has 19 heavy (non-hydrogen) atoms. The van der Waals surface area contributed by atoms with Gasteiger partial charge in [-0.2, -0.15) is 0 Å². The van der Waals surface area contributed by atoms with Crippen LogP contribution in [0.5, 0.6) is 0 Å². The van der Waals surface area contributed by atoms with Gasteiger partial charge in [-0.1, -0.05) is 0 Å². The Hall–Kier alpha value is -1.66. The van der Waals surface area contributed by atoms with Crippen molar-refractivity contribution in [2.45, 2.75) is 0 Å². The lowest BCUT2D eigenvalue weighted by atomic mass is 10.1. The molecule has 0 unspecified atom stereocenters. The van der Waals surface area contributed by atoms with Crippen molar-refractivity contribution in [2.75, 3.05) is 46.3 Å². The molecule has 0 saturated heterocycles. The maximum atomic E-state index is 13.3. The predicted molar refractivity (Wildman–Crippen MR) is 70.5 cm³/mol. The summed E-state index contributed by atoms with van der Waals surface area (Å²) in [7, 11) is 3.11. The van der Waals surface area contributed by atoms with Crippen molar-refractivity contribution in [3.05, 3.63) is 29.6 Å². The molecule has 0 saturated carbocycles. The van der Waals surface area contributed by atoms with Crippen LogP contribution in [0.25, 0.3) is 0 Å². The Morgan fingerprint density at radius 1 is 1.21 bits per heavy atom. The van der Waals surface area contributed by atoms with E-state index in [0.29, 0.717) is 26.3 Å². The van der Waals surface area contributed by atoms with Crippen LogP contribution in [0.4, 0.5) is 10.1 Å². The van der Waals surface area contributed by atoms with Gasteiger partial charge in [0.05, 0.1) is 13.2 Å². The lowest BCUT2D eigenvalue weighted by molar-refractivity contribution is 0.0627. The highest BCUT2D eigenvalue weighted by atomic mass is 19.1. The summed E-state index contributed by atoms with van der Waals surface area (Å²) in [4.78, 5) is 13.8. The van der Waals surface area contributed by atoms with E-state index in [9.17, 15) is 9.18 Å². The molecule has 0 radical (unpaired) electrons. The van der Waals surface area contributed by atoms with Crippen LogP contribution in [0.1, 0.15) is 10.4 Å². The molecule has 0 aromatic heterocycles. The molecule has 0 aliphatic carbocycles. The average molecular weight is 270 g/mol. The zero-order valence-electron chi connectivity index (χ0n) is 11.2. The minimum absolute atomic E-state index is 0.224. The van der Waals surface area contributed by atoms with E-state index in [2.05, 4.69) is 0 Å². The van der Waals surface area contributed by atoms with Crippen LogP contribution in [0, 0.1) is 5.82 Å². The van der Waals surface area contributed by atoms with Crippen LogP contribution >= 0.6 is 0 Å². The normalized spacial score (nSPS) is 10.5. The van der Waals surface area contributed by atoms with Gasteiger partial charge in [0, 0.05) is 38.6 Å². The average Bonchev–Trinajstić information content (AvgIpc) is 2.37. The third-order valence-corrected chi connectivity index (χ3v) is 2.58. The first-order valence-corrected chi connectivity index (χ1v) is 5.91. The first kappa shape index (κ1) is 15.4. The largest absolute Gasteiger partial charge is 0.399 e. The fourth-order valence-corrected chi connectivity index (χ4v) is 1.64. The number of nitrogen functional groups attached to an aromatic ring is 1. The third kappa shape index (κ3) is 4.84. The Kier molecular flexibility index (Phi) is 6.24. The zero-order chi connectivity index (χ0) is 14.3. The van der Waals surface area contributed by atoms with Crippen LogP contribution in [0.15, 0.2) is 18.2 Å². The van der Waals surface area contributed by atoms with Crippen molar-refractivity contribution in [2.24, 2.45) is 0 Å². The molecule has 0 atom stereocenters. The number of benzene rings is 1. The summed E-state index contributed by atoms with van der Waals surface area (Å²) in [6.07, 6.45) is 0. The fourth-order valence-electron chi connectivity index (χ4n) is 1.64.